The molecule has 4 heterocycles. The molecule has 0 fully saturated rings. The molecular formula is C26H28N4O3S2. The summed E-state index contributed by atoms with van der Waals surface area (Å²) in [6.07, 6.45) is 0. The molecular weight excluding hydrogens is 480 g/mol. The molecule has 1 aliphatic heterocycles. The molecule has 35 heavy (non-hydrogen) atoms. The molecule has 182 valence electrons. The fourth-order valence-corrected chi connectivity index (χ4v) is 5.74. The number of ether oxygens (including phenoxy) is 2. The van der Waals surface area contributed by atoms with Crippen LogP contribution in [0.4, 0.5) is 0 Å². The van der Waals surface area contributed by atoms with E-state index in [1.807, 2.05) is 41.4 Å². The summed E-state index contributed by atoms with van der Waals surface area (Å²) in [7, 11) is 1.66. The Morgan fingerprint density at radius 2 is 2.06 bits per heavy atom. The highest BCUT2D eigenvalue weighted by atomic mass is 32.1. The quantitative estimate of drug-likeness (QED) is 0.357. The number of rotatable bonds is 5. The van der Waals surface area contributed by atoms with Crippen LogP contribution in [0.3, 0.4) is 0 Å². The predicted octanol–water partition coefficient (Wildman–Crippen LogP) is 6.02. The van der Waals surface area contributed by atoms with Gasteiger partial charge >= 0.3 is 0 Å². The monoisotopic (exact) mass is 508 g/mol. The molecule has 1 aliphatic rings. The number of thiophene rings is 1. The number of carbonyl (C=O) groups is 1. The van der Waals surface area contributed by atoms with Gasteiger partial charge in [0.2, 0.25) is 0 Å². The van der Waals surface area contributed by atoms with Gasteiger partial charge in [0, 0.05) is 34.7 Å². The lowest BCUT2D eigenvalue weighted by Gasteiger charge is -2.22. The molecule has 0 radical (unpaired) electrons. The number of nitrogens with one attached hydrogen (secondary N) is 1. The molecule has 0 aliphatic carbocycles. The van der Waals surface area contributed by atoms with Gasteiger partial charge < -0.3 is 14.8 Å². The highest BCUT2D eigenvalue weighted by Gasteiger charge is 2.32. The minimum absolute atomic E-state index is 0.0368. The van der Waals surface area contributed by atoms with Crippen LogP contribution in [0, 0.1) is 19.3 Å². The van der Waals surface area contributed by atoms with Crippen LogP contribution in [0.1, 0.15) is 47.5 Å². The average Bonchev–Trinajstić information content (AvgIpc) is 3.54. The van der Waals surface area contributed by atoms with Crippen molar-refractivity contribution >= 4 is 28.6 Å². The number of thiazole rings is 1. The van der Waals surface area contributed by atoms with E-state index in [2.05, 4.69) is 37.1 Å². The van der Waals surface area contributed by atoms with Crippen molar-refractivity contribution < 1.29 is 14.3 Å². The summed E-state index contributed by atoms with van der Waals surface area (Å²) in [5, 5.41) is 12.9. The van der Waals surface area contributed by atoms with Crippen LogP contribution in [-0.2, 0) is 6.61 Å². The average molecular weight is 509 g/mol. The van der Waals surface area contributed by atoms with Crippen LogP contribution in [0.25, 0.3) is 27.4 Å². The fourth-order valence-electron chi connectivity index (χ4n) is 4.18. The second-order valence-corrected chi connectivity index (χ2v) is 11.8. The largest absolute Gasteiger partial charge is 0.496 e. The van der Waals surface area contributed by atoms with E-state index >= 15 is 0 Å². The molecule has 7 nitrogen and oxygen atoms in total. The normalized spacial score (nSPS) is 12.6. The number of amides is 1. The third-order valence-electron chi connectivity index (χ3n) is 5.81. The van der Waals surface area contributed by atoms with Gasteiger partial charge in [0.05, 0.1) is 34.1 Å². The van der Waals surface area contributed by atoms with Gasteiger partial charge in [0.15, 0.2) is 5.69 Å². The molecule has 3 aromatic heterocycles. The Morgan fingerprint density at radius 3 is 2.69 bits per heavy atom. The maximum Gasteiger partial charge on any atom is 0.272 e. The Bertz CT molecular complexity index is 1410. The van der Waals surface area contributed by atoms with Crippen molar-refractivity contribution in [3.63, 3.8) is 0 Å². The van der Waals surface area contributed by atoms with Crippen molar-refractivity contribution in [3.05, 3.63) is 50.9 Å². The number of carbonyl (C=O) groups excluding carboxylic acids is 1. The summed E-state index contributed by atoms with van der Waals surface area (Å²) in [5.41, 5.74) is 5.70. The van der Waals surface area contributed by atoms with Crippen LogP contribution < -0.4 is 14.8 Å². The molecule has 9 heteroatoms. The predicted molar refractivity (Wildman–Crippen MR) is 140 cm³/mol. The van der Waals surface area contributed by atoms with Gasteiger partial charge in [-0.05, 0) is 36.8 Å². The number of hydrogen-bond donors (Lipinski definition) is 1. The van der Waals surface area contributed by atoms with Crippen molar-refractivity contribution in [2.24, 2.45) is 5.41 Å². The van der Waals surface area contributed by atoms with Gasteiger partial charge in [0.25, 0.3) is 5.91 Å². The zero-order valence-corrected chi connectivity index (χ0v) is 22.3. The van der Waals surface area contributed by atoms with Crippen LogP contribution in [-0.4, -0.2) is 34.3 Å². The van der Waals surface area contributed by atoms with Gasteiger partial charge in [-0.2, -0.15) is 16.4 Å². The summed E-state index contributed by atoms with van der Waals surface area (Å²) in [4.78, 5) is 18.9. The molecule has 0 atom stereocenters. The molecule has 1 N–H and O–H groups in total. The number of hydrogen-bond acceptors (Lipinski definition) is 7. The first-order valence-corrected chi connectivity index (χ1v) is 13.1. The molecule has 0 saturated carbocycles. The Labute approximate surface area is 212 Å². The van der Waals surface area contributed by atoms with Gasteiger partial charge in [-0.25, -0.2) is 9.67 Å². The first-order valence-electron chi connectivity index (χ1n) is 11.4. The van der Waals surface area contributed by atoms with Crippen molar-refractivity contribution in [2.75, 3.05) is 13.7 Å². The fraction of sp³-hybridized carbons (Fsp3) is 0.346. The summed E-state index contributed by atoms with van der Waals surface area (Å²) in [5.74, 6) is 1.23. The standard InChI is InChI=1S/C26H28N4O3S2/c1-14-24(35-15(2)28-14)18-9-17-21(10-20(18)32-6)33-11-19-22(25(31)27-13-26(3,4)5)29-30(23(17)19)16-7-8-34-12-16/h7-10,12H,11,13H2,1-6H3,(H,27,31). The minimum atomic E-state index is -0.195. The number of benzene rings is 1. The van der Waals surface area contributed by atoms with Crippen molar-refractivity contribution in [3.8, 4) is 38.9 Å². The van der Waals surface area contributed by atoms with Crippen molar-refractivity contribution in [1.29, 1.82) is 0 Å². The Hall–Kier alpha value is -3.17. The van der Waals surface area contributed by atoms with Gasteiger partial charge in [-0.15, -0.1) is 11.3 Å². The lowest BCUT2D eigenvalue weighted by atomic mass is 9.96. The zero-order chi connectivity index (χ0) is 24.9. The van der Waals surface area contributed by atoms with E-state index in [1.54, 1.807) is 29.8 Å². The van der Waals surface area contributed by atoms with E-state index in [4.69, 9.17) is 14.6 Å². The Morgan fingerprint density at radius 1 is 1.26 bits per heavy atom. The van der Waals surface area contributed by atoms with Gasteiger partial charge in [-0.1, -0.05) is 20.8 Å². The van der Waals surface area contributed by atoms with E-state index in [9.17, 15) is 4.79 Å². The molecule has 0 bridgehead atoms. The van der Waals surface area contributed by atoms with Crippen LogP contribution in [0.2, 0.25) is 0 Å². The number of aromatic nitrogens is 3. The lowest BCUT2D eigenvalue weighted by Crippen LogP contribution is -2.33. The van der Waals surface area contributed by atoms with Gasteiger partial charge in [-0.3, -0.25) is 4.79 Å². The molecule has 5 rings (SSSR count). The minimum Gasteiger partial charge on any atom is -0.496 e. The summed E-state index contributed by atoms with van der Waals surface area (Å²) in [6, 6.07) is 6.00. The smallest absolute Gasteiger partial charge is 0.272 e. The molecule has 1 amide bonds. The van der Waals surface area contributed by atoms with E-state index < -0.39 is 0 Å². The van der Waals surface area contributed by atoms with Crippen LogP contribution >= 0.6 is 22.7 Å². The van der Waals surface area contributed by atoms with Crippen LogP contribution in [0.5, 0.6) is 11.5 Å². The van der Waals surface area contributed by atoms with E-state index in [-0.39, 0.29) is 17.9 Å². The number of methoxy groups -OCH3 is 1. The second-order valence-electron chi connectivity index (χ2n) is 9.80. The number of nitrogens with zero attached hydrogens (tertiary/aromatic N) is 3. The van der Waals surface area contributed by atoms with E-state index in [0.717, 1.165) is 49.4 Å². The van der Waals surface area contributed by atoms with E-state index in [1.165, 1.54) is 0 Å². The second kappa shape index (κ2) is 8.80. The first kappa shape index (κ1) is 23.6. The first-order chi connectivity index (χ1) is 16.7. The van der Waals surface area contributed by atoms with E-state index in [0.29, 0.717) is 18.0 Å². The third kappa shape index (κ3) is 4.34. The maximum atomic E-state index is 13.2. The zero-order valence-electron chi connectivity index (χ0n) is 20.7. The Kier molecular flexibility index (Phi) is 5.93. The van der Waals surface area contributed by atoms with Crippen molar-refractivity contribution in [1.82, 2.24) is 20.1 Å². The SMILES string of the molecule is COc1cc2c(cc1-c1sc(C)nc1C)-c1c(c(C(=O)NCC(C)(C)C)nn1-c1ccsc1)CO2. The molecule has 0 unspecified atom stereocenters. The maximum absolute atomic E-state index is 13.2. The van der Waals surface area contributed by atoms with Gasteiger partial charge in [0.1, 0.15) is 18.1 Å². The number of fused-ring (bicyclic) bond motifs is 3. The molecule has 4 aromatic rings. The van der Waals surface area contributed by atoms with Crippen LogP contribution in [0.15, 0.2) is 29.0 Å². The molecule has 0 spiro atoms. The summed E-state index contributed by atoms with van der Waals surface area (Å²) in [6.45, 7) is 11.1. The highest BCUT2D eigenvalue weighted by Crippen LogP contribution is 2.47. The molecule has 0 saturated heterocycles. The topological polar surface area (TPSA) is 78.3 Å². The van der Waals surface area contributed by atoms with Crippen molar-refractivity contribution in [2.45, 2.75) is 41.2 Å². The summed E-state index contributed by atoms with van der Waals surface area (Å²) < 4.78 is 13.8. The third-order valence-corrected chi connectivity index (χ3v) is 7.58. The summed E-state index contributed by atoms with van der Waals surface area (Å²) >= 11 is 3.22. The molecule has 1 aromatic carbocycles. The highest BCUT2D eigenvalue weighted by molar-refractivity contribution is 7.15. The number of aryl methyl sites for hydroxylation is 2. The lowest BCUT2D eigenvalue weighted by molar-refractivity contribution is 0.0931. The Balaban J connectivity index is 1.70.